The molecule has 0 spiro atoms. The van der Waals surface area contributed by atoms with Gasteiger partial charge in [0.25, 0.3) is 11.8 Å². The number of rotatable bonds is 13. The molecule has 24 heteroatoms. The van der Waals surface area contributed by atoms with Crippen LogP contribution in [0.25, 0.3) is 0 Å². The number of methoxy groups -OCH3 is 1. The van der Waals surface area contributed by atoms with Crippen molar-refractivity contribution < 1.29 is 123 Å². The number of azo groups is 1. The van der Waals surface area contributed by atoms with Crippen LogP contribution >= 0.6 is 0 Å². The SMILES string of the molecule is COc1ccc(S(=O)(=O)CCOS(=O)(=O)[O-])cc1NC(=O)c1ccc(N=NC2C(=O)N(c3ccc(S(=O)(=O)[O-])cc3)N=C2C(=O)[O-])cc1.[H+].[Na+].[Na+]. The van der Waals surface area contributed by atoms with E-state index in [1.807, 2.05) is 0 Å². The number of nitrogens with zero attached hydrogens (tertiary/aromatic N) is 4. The largest absolute Gasteiger partial charge is 1.00 e. The van der Waals surface area contributed by atoms with E-state index in [2.05, 4.69) is 24.8 Å². The van der Waals surface area contributed by atoms with Crippen LogP contribution in [0, 0.1) is 0 Å². The number of hydrazone groups is 1. The van der Waals surface area contributed by atoms with Crippen LogP contribution in [0.15, 0.2) is 91.9 Å². The van der Waals surface area contributed by atoms with Crippen LogP contribution in [-0.2, 0) is 44.1 Å². The zero-order valence-electron chi connectivity index (χ0n) is 27.1. The van der Waals surface area contributed by atoms with Gasteiger partial charge in [-0.3, -0.25) is 13.8 Å². The number of sulfone groups is 1. The summed E-state index contributed by atoms with van der Waals surface area (Å²) < 4.78 is 99.5. The average molecular weight is 770 g/mol. The fourth-order valence-electron chi connectivity index (χ4n) is 3.98. The molecule has 0 aromatic heterocycles. The van der Waals surface area contributed by atoms with Gasteiger partial charge in [-0.25, -0.2) is 25.3 Å². The maximum Gasteiger partial charge on any atom is 1.00 e. The molecule has 50 heavy (non-hydrogen) atoms. The Kier molecular flexibility index (Phi) is 15.0. The zero-order chi connectivity index (χ0) is 35.4. The second-order valence-corrected chi connectivity index (χ2v) is 13.9. The molecule has 254 valence electrons. The van der Waals surface area contributed by atoms with Gasteiger partial charge in [0.2, 0.25) is 10.4 Å². The Morgan fingerprint density at radius 3 is 2.08 bits per heavy atom. The molecule has 0 saturated heterocycles. The minimum Gasteiger partial charge on any atom is -0.744 e. The van der Waals surface area contributed by atoms with Crippen molar-refractivity contribution in [2.24, 2.45) is 15.3 Å². The summed E-state index contributed by atoms with van der Waals surface area (Å²) in [7, 11) is -12.8. The Hall–Kier alpha value is -3.13. The molecule has 1 atom stereocenters. The van der Waals surface area contributed by atoms with Gasteiger partial charge in [-0.15, -0.1) is 0 Å². The number of hydrogen-bond donors (Lipinski definition) is 1. The summed E-state index contributed by atoms with van der Waals surface area (Å²) in [6.45, 7) is -0.925. The molecule has 0 saturated carbocycles. The van der Waals surface area contributed by atoms with Crippen LogP contribution in [0.4, 0.5) is 17.1 Å². The Morgan fingerprint density at radius 1 is 0.940 bits per heavy atom. The van der Waals surface area contributed by atoms with E-state index in [0.29, 0.717) is 5.01 Å². The minimum atomic E-state index is -5.11. The molecule has 0 aliphatic carbocycles. The summed E-state index contributed by atoms with van der Waals surface area (Å²) in [5.41, 5.74) is -0.855. The van der Waals surface area contributed by atoms with Gasteiger partial charge in [0.05, 0.1) is 52.3 Å². The minimum absolute atomic E-state index is 0. The Balaban J connectivity index is 0.00000433. The molecule has 0 radical (unpaired) electrons. The van der Waals surface area contributed by atoms with E-state index in [-0.39, 0.29) is 93.8 Å². The third kappa shape index (κ3) is 10.9. The van der Waals surface area contributed by atoms with Gasteiger partial charge in [-0.2, -0.15) is 20.3 Å². The third-order valence-corrected chi connectivity index (χ3v) is 9.25. The average Bonchev–Trinajstić information content (AvgIpc) is 3.35. The maximum absolute atomic E-state index is 12.9. The smallest absolute Gasteiger partial charge is 0.744 e. The third-order valence-electron chi connectivity index (χ3n) is 6.26. The number of carboxylic acids is 1. The van der Waals surface area contributed by atoms with Gasteiger partial charge >= 0.3 is 60.5 Å². The Labute approximate surface area is 330 Å². The summed E-state index contributed by atoms with van der Waals surface area (Å²) in [4.78, 5) is 36.6. The summed E-state index contributed by atoms with van der Waals surface area (Å²) in [6, 6.07) is 10.7. The monoisotopic (exact) mass is 769 g/mol. The number of anilines is 2. The molecule has 19 nitrogen and oxygen atoms in total. The van der Waals surface area contributed by atoms with Crippen LogP contribution in [0.3, 0.4) is 0 Å². The van der Waals surface area contributed by atoms with Gasteiger partial charge in [0, 0.05) is 5.56 Å². The van der Waals surface area contributed by atoms with Crippen molar-refractivity contribution in [1.82, 2.24) is 0 Å². The van der Waals surface area contributed by atoms with E-state index in [9.17, 15) is 53.8 Å². The molecule has 3 aromatic carbocycles. The number of aliphatic carboxylic acids is 1. The molecule has 1 unspecified atom stereocenters. The predicted octanol–water partition coefficient (Wildman–Crippen LogP) is -6.17. The standard InChI is InChI=1S/C26H23N5O14S3.2Na/c1-44-21-11-10-19(46(36,37)13-12-45-48(41,42)43)14-20(21)27-24(32)15-2-4-16(5-3-15)28-29-22-23(26(34)35)30-31(25(22)33)17-6-8-18(9-7-17)47(38,39)40;;/h2-11,14,22H,12-13H2,1H3,(H,27,32)(H,34,35)(H,38,39,40)(H,41,42,43);;/q;2*+1/p-2. The van der Waals surface area contributed by atoms with Gasteiger partial charge < -0.3 is 29.1 Å². The fourth-order valence-corrected chi connectivity index (χ4v) is 5.95. The molecule has 0 bridgehead atoms. The van der Waals surface area contributed by atoms with Crippen LogP contribution in [-0.4, -0.2) is 83.4 Å². The molecule has 4 rings (SSSR count). The number of carboxylic acid groups (broad SMARTS) is 1. The molecule has 3 aromatic rings. The second-order valence-electron chi connectivity index (χ2n) is 9.40. The van der Waals surface area contributed by atoms with E-state index >= 15 is 0 Å². The van der Waals surface area contributed by atoms with Gasteiger partial charge in [0.1, 0.15) is 21.6 Å². The van der Waals surface area contributed by atoms with E-state index < -0.39 is 77.1 Å². The summed E-state index contributed by atoms with van der Waals surface area (Å²) in [6.07, 6.45) is 0. The van der Waals surface area contributed by atoms with Crippen molar-refractivity contribution in [2.45, 2.75) is 15.8 Å². The van der Waals surface area contributed by atoms with Crippen molar-refractivity contribution >= 4 is 70.9 Å². The Bertz CT molecular complexity index is 2170. The number of benzene rings is 3. The summed E-state index contributed by atoms with van der Waals surface area (Å²) >= 11 is 0. The molecule has 1 N–H and O–H groups in total. The van der Waals surface area contributed by atoms with Crippen molar-refractivity contribution in [3.05, 3.63) is 72.3 Å². The molecule has 1 aliphatic heterocycles. The van der Waals surface area contributed by atoms with E-state index in [1.54, 1.807) is 0 Å². The normalized spacial score (nSPS) is 14.8. The van der Waals surface area contributed by atoms with Gasteiger partial charge in [0.15, 0.2) is 15.9 Å². The number of nitrogens with one attached hydrogen (secondary N) is 1. The molecule has 1 heterocycles. The maximum atomic E-state index is 12.9. The summed E-state index contributed by atoms with van der Waals surface area (Å²) in [5.74, 6) is -4.34. The number of carbonyl (C=O) groups is 3. The molecule has 0 fully saturated rings. The van der Waals surface area contributed by atoms with Gasteiger partial charge in [-0.05, 0) is 66.7 Å². The van der Waals surface area contributed by atoms with Gasteiger partial charge in [-0.1, -0.05) is 0 Å². The van der Waals surface area contributed by atoms with E-state index in [1.165, 1.54) is 37.4 Å². The molecule has 1 aliphatic rings. The van der Waals surface area contributed by atoms with Crippen LogP contribution in [0.1, 0.15) is 11.8 Å². The van der Waals surface area contributed by atoms with E-state index in [0.717, 1.165) is 36.4 Å². The first kappa shape index (κ1) is 43.0. The van der Waals surface area contributed by atoms with Crippen molar-refractivity contribution in [2.75, 3.05) is 29.8 Å². The quantitative estimate of drug-likeness (QED) is 0.0733. The van der Waals surface area contributed by atoms with Crippen LogP contribution < -0.4 is 79.3 Å². The van der Waals surface area contributed by atoms with Crippen molar-refractivity contribution in [3.8, 4) is 5.75 Å². The van der Waals surface area contributed by atoms with Crippen LogP contribution in [0.5, 0.6) is 5.75 Å². The number of ether oxygens (including phenoxy) is 1. The molecular formula is C26H21N5Na2O14S3. The molecular weight excluding hydrogens is 748 g/mol. The van der Waals surface area contributed by atoms with Crippen LogP contribution in [0.2, 0.25) is 0 Å². The Morgan fingerprint density at radius 2 is 1.54 bits per heavy atom. The van der Waals surface area contributed by atoms with Crippen molar-refractivity contribution in [1.29, 1.82) is 0 Å². The summed E-state index contributed by atoms with van der Waals surface area (Å²) in [5, 5.41) is 26.0. The second kappa shape index (κ2) is 17.4. The number of amides is 2. The topological polar surface area (TPSA) is 294 Å². The van der Waals surface area contributed by atoms with Crippen molar-refractivity contribution in [3.63, 3.8) is 0 Å². The number of hydrogen-bond acceptors (Lipinski definition) is 17. The first-order valence-corrected chi connectivity index (χ1v) is 17.3. The predicted molar refractivity (Wildman–Crippen MR) is 159 cm³/mol. The first-order chi connectivity index (χ1) is 22.4. The molecule has 2 amide bonds. The zero-order valence-corrected chi connectivity index (χ0v) is 32.5. The first-order valence-electron chi connectivity index (χ1n) is 12.9. The number of carbonyl (C=O) groups excluding carboxylic acids is 3. The fraction of sp³-hybridized carbons (Fsp3) is 0.154. The van der Waals surface area contributed by atoms with E-state index in [4.69, 9.17) is 4.74 Å².